The highest BCUT2D eigenvalue weighted by atomic mass is 32.1. The lowest BCUT2D eigenvalue weighted by Gasteiger charge is -2.10. The van der Waals surface area contributed by atoms with Crippen LogP contribution in [0.25, 0.3) is 98.1 Å². The van der Waals surface area contributed by atoms with E-state index >= 15 is 0 Å². The number of aromatic nitrogens is 3. The maximum absolute atomic E-state index is 4.97. The molecule has 0 saturated carbocycles. The Morgan fingerprint density at radius 1 is 0.294 bits per heavy atom. The second-order valence-electron chi connectivity index (χ2n) is 12.8. The molecule has 0 spiro atoms. The van der Waals surface area contributed by atoms with Gasteiger partial charge in [-0.1, -0.05) is 152 Å². The van der Waals surface area contributed by atoms with E-state index in [2.05, 4.69) is 115 Å². The van der Waals surface area contributed by atoms with Crippen LogP contribution >= 0.6 is 11.3 Å². The van der Waals surface area contributed by atoms with E-state index in [9.17, 15) is 0 Å². The van der Waals surface area contributed by atoms with Crippen LogP contribution in [-0.4, -0.2) is 15.0 Å². The van der Waals surface area contributed by atoms with Crippen molar-refractivity contribution in [2.24, 2.45) is 0 Å². The molecule has 0 fully saturated rings. The molecule has 238 valence electrons. The van der Waals surface area contributed by atoms with Crippen molar-refractivity contribution in [2.75, 3.05) is 0 Å². The first-order valence-electron chi connectivity index (χ1n) is 17.1. The van der Waals surface area contributed by atoms with Crippen molar-refractivity contribution in [3.63, 3.8) is 0 Å². The predicted octanol–water partition coefficient (Wildman–Crippen LogP) is 12.9. The minimum absolute atomic E-state index is 0.648. The number of hydrogen-bond donors (Lipinski definition) is 0. The van der Waals surface area contributed by atoms with Crippen LogP contribution in [0, 0.1) is 0 Å². The summed E-state index contributed by atoms with van der Waals surface area (Å²) in [6.45, 7) is 0. The molecule has 0 radical (unpaired) electrons. The molecule has 0 bridgehead atoms. The van der Waals surface area contributed by atoms with Crippen molar-refractivity contribution in [1.29, 1.82) is 0 Å². The molecular formula is C47H29N3S. The van der Waals surface area contributed by atoms with Crippen molar-refractivity contribution in [2.45, 2.75) is 0 Å². The van der Waals surface area contributed by atoms with Crippen LogP contribution in [-0.2, 0) is 0 Å². The Bertz CT molecular complexity index is 2860. The average molecular weight is 668 g/mol. The molecule has 0 aliphatic carbocycles. The maximum atomic E-state index is 4.97. The summed E-state index contributed by atoms with van der Waals surface area (Å²) in [5.74, 6) is 1.96. The lowest BCUT2D eigenvalue weighted by Crippen LogP contribution is -2.00. The minimum Gasteiger partial charge on any atom is -0.208 e. The largest absolute Gasteiger partial charge is 0.208 e. The van der Waals surface area contributed by atoms with Gasteiger partial charge in [-0.25, -0.2) is 15.0 Å². The van der Waals surface area contributed by atoms with Crippen molar-refractivity contribution >= 4 is 53.1 Å². The molecule has 10 rings (SSSR count). The van der Waals surface area contributed by atoms with Crippen LogP contribution in [0.15, 0.2) is 176 Å². The molecule has 0 amide bonds. The zero-order valence-corrected chi connectivity index (χ0v) is 28.3. The topological polar surface area (TPSA) is 38.7 Å². The lowest BCUT2D eigenvalue weighted by molar-refractivity contribution is 1.07. The fraction of sp³-hybridized carbons (Fsp3) is 0. The fourth-order valence-corrected chi connectivity index (χ4v) is 8.48. The third kappa shape index (κ3) is 5.16. The molecule has 4 heteroatoms. The van der Waals surface area contributed by atoms with Crippen LogP contribution in [0.3, 0.4) is 0 Å². The fourth-order valence-electron chi connectivity index (χ4n) is 7.24. The summed E-state index contributed by atoms with van der Waals surface area (Å²) in [5, 5.41) is 7.90. The van der Waals surface area contributed by atoms with E-state index in [0.29, 0.717) is 17.5 Å². The highest BCUT2D eigenvalue weighted by molar-refractivity contribution is 7.27. The molecule has 0 saturated heterocycles. The first-order chi connectivity index (χ1) is 25.3. The van der Waals surface area contributed by atoms with E-state index in [4.69, 9.17) is 15.0 Å². The van der Waals surface area contributed by atoms with Gasteiger partial charge in [0, 0.05) is 42.2 Å². The molecule has 3 nitrogen and oxygen atoms in total. The van der Waals surface area contributed by atoms with Gasteiger partial charge in [0.25, 0.3) is 0 Å². The van der Waals surface area contributed by atoms with Gasteiger partial charge in [0.1, 0.15) is 0 Å². The molecular weight excluding hydrogens is 639 g/mol. The number of thiophene rings is 1. The normalized spacial score (nSPS) is 11.5. The van der Waals surface area contributed by atoms with Crippen molar-refractivity contribution < 1.29 is 0 Å². The summed E-state index contributed by atoms with van der Waals surface area (Å²) in [4.78, 5) is 14.8. The first-order valence-corrected chi connectivity index (χ1v) is 17.9. The summed E-state index contributed by atoms with van der Waals surface area (Å²) in [7, 11) is 0. The van der Waals surface area contributed by atoms with Crippen molar-refractivity contribution in [3.05, 3.63) is 176 Å². The molecule has 10 aromatic rings. The maximum Gasteiger partial charge on any atom is 0.164 e. The van der Waals surface area contributed by atoms with E-state index in [-0.39, 0.29) is 0 Å². The Kier molecular flexibility index (Phi) is 7.00. The van der Waals surface area contributed by atoms with Gasteiger partial charge < -0.3 is 0 Å². The third-order valence-electron chi connectivity index (χ3n) is 9.70. The Hall–Kier alpha value is -6.49. The average Bonchev–Trinajstić information content (AvgIpc) is 3.61. The van der Waals surface area contributed by atoms with Crippen LogP contribution in [0.4, 0.5) is 0 Å². The Labute approximate surface area is 299 Å². The van der Waals surface area contributed by atoms with Gasteiger partial charge in [0.15, 0.2) is 17.5 Å². The molecule has 2 aromatic heterocycles. The lowest BCUT2D eigenvalue weighted by atomic mass is 9.95. The monoisotopic (exact) mass is 667 g/mol. The van der Waals surface area contributed by atoms with Gasteiger partial charge in [0.05, 0.1) is 0 Å². The highest BCUT2D eigenvalue weighted by Crippen LogP contribution is 2.45. The van der Waals surface area contributed by atoms with Crippen molar-refractivity contribution in [3.8, 4) is 56.4 Å². The molecule has 0 aliphatic rings. The van der Waals surface area contributed by atoms with Crippen LogP contribution in [0.1, 0.15) is 0 Å². The molecule has 8 aromatic carbocycles. The summed E-state index contributed by atoms with van der Waals surface area (Å²) in [6.07, 6.45) is 0. The zero-order chi connectivity index (χ0) is 33.7. The van der Waals surface area contributed by atoms with E-state index in [0.717, 1.165) is 27.8 Å². The van der Waals surface area contributed by atoms with Crippen molar-refractivity contribution in [1.82, 2.24) is 15.0 Å². The van der Waals surface area contributed by atoms with Crippen LogP contribution in [0.5, 0.6) is 0 Å². The Morgan fingerprint density at radius 2 is 0.725 bits per heavy atom. The van der Waals surface area contributed by atoms with E-state index in [1.54, 1.807) is 0 Å². The second-order valence-corrected chi connectivity index (χ2v) is 13.9. The standard InChI is InChI=1S/C47H29N3S/c1-3-13-30(14-4-1)45-48-46(31-15-5-2-6-16-31)50-47(49-45)36-20-12-19-34(28-36)32-17-11-18-33(27-32)35-25-26-42-41(29-35)43-39-23-9-7-21-37(39)38-22-8-10-24-40(38)44(43)51-42/h1-29H. The van der Waals surface area contributed by atoms with Gasteiger partial charge in [-0.3, -0.25) is 0 Å². The quantitative estimate of drug-likeness (QED) is 0.171. The summed E-state index contributed by atoms with van der Waals surface area (Å²) < 4.78 is 2.66. The van der Waals surface area contributed by atoms with Gasteiger partial charge >= 0.3 is 0 Å². The van der Waals surface area contributed by atoms with Crippen LogP contribution < -0.4 is 0 Å². The third-order valence-corrected chi connectivity index (χ3v) is 10.9. The van der Waals surface area contributed by atoms with Gasteiger partial charge in [-0.2, -0.15) is 0 Å². The molecule has 0 N–H and O–H groups in total. The number of benzene rings is 8. The molecule has 0 aliphatic heterocycles. The molecule has 0 atom stereocenters. The Balaban J connectivity index is 1.08. The van der Waals surface area contributed by atoms with E-state index < -0.39 is 0 Å². The predicted molar refractivity (Wildman–Crippen MR) is 215 cm³/mol. The van der Waals surface area contributed by atoms with Gasteiger partial charge in [-0.05, 0) is 62.7 Å². The second kappa shape index (κ2) is 12.1. The molecule has 0 unspecified atom stereocenters. The summed E-state index contributed by atoms with van der Waals surface area (Å²) in [6, 6.07) is 62.1. The van der Waals surface area contributed by atoms with E-state index in [1.807, 2.05) is 72.0 Å². The summed E-state index contributed by atoms with van der Waals surface area (Å²) >= 11 is 1.89. The number of hydrogen-bond acceptors (Lipinski definition) is 4. The molecule has 2 heterocycles. The number of nitrogens with zero attached hydrogens (tertiary/aromatic N) is 3. The molecule has 51 heavy (non-hydrogen) atoms. The highest BCUT2D eigenvalue weighted by Gasteiger charge is 2.16. The minimum atomic E-state index is 0.648. The number of rotatable bonds is 5. The first kappa shape index (κ1) is 29.4. The van der Waals surface area contributed by atoms with Gasteiger partial charge in [-0.15, -0.1) is 11.3 Å². The van der Waals surface area contributed by atoms with E-state index in [1.165, 1.54) is 52.8 Å². The Morgan fingerprint density at radius 3 is 1.33 bits per heavy atom. The SMILES string of the molecule is c1ccc(-c2nc(-c3ccccc3)nc(-c3cccc(-c4cccc(-c5ccc6sc7c8ccccc8c8ccccc8c7c6c5)c4)c3)n2)cc1. The number of fused-ring (bicyclic) bond motifs is 8. The van der Waals surface area contributed by atoms with Gasteiger partial charge in [0.2, 0.25) is 0 Å². The smallest absolute Gasteiger partial charge is 0.164 e. The van der Waals surface area contributed by atoms with Crippen LogP contribution in [0.2, 0.25) is 0 Å². The summed E-state index contributed by atoms with van der Waals surface area (Å²) in [5.41, 5.74) is 7.49. The zero-order valence-electron chi connectivity index (χ0n) is 27.5.